The molecule has 1 heterocycles. The smallest absolute Gasteiger partial charge is 0.344 e. The van der Waals surface area contributed by atoms with Crippen LogP contribution in [-0.2, 0) is 19.1 Å². The van der Waals surface area contributed by atoms with Crippen LogP contribution in [0, 0.1) is 0 Å². The number of anilines is 1. The van der Waals surface area contributed by atoms with Crippen LogP contribution in [0.4, 0.5) is 5.69 Å². The van der Waals surface area contributed by atoms with E-state index < -0.39 is 18.0 Å². The molecule has 1 amide bonds. The minimum absolute atomic E-state index is 0.190. The van der Waals surface area contributed by atoms with Gasteiger partial charge in [-0.15, -0.1) is 0 Å². The Kier molecular flexibility index (Phi) is 8.80. The number of allylic oxidation sites excluding steroid dienone is 1. The number of carbonyl (C=O) groups excluding carboxylic acids is 3. The Morgan fingerprint density at radius 1 is 0.971 bits per heavy atom. The summed E-state index contributed by atoms with van der Waals surface area (Å²) >= 11 is 5.30. The quantitative estimate of drug-likeness (QED) is 0.355. The molecule has 0 radical (unpaired) electrons. The van der Waals surface area contributed by atoms with Crippen LogP contribution >= 0.6 is 12.2 Å². The number of hydrogen-bond donors (Lipinski definition) is 3. The third kappa shape index (κ3) is 6.80. The third-order valence-corrected chi connectivity index (χ3v) is 5.26. The van der Waals surface area contributed by atoms with Crippen molar-refractivity contribution in [3.8, 4) is 5.75 Å². The molecule has 35 heavy (non-hydrogen) atoms. The van der Waals surface area contributed by atoms with Gasteiger partial charge in [0.05, 0.1) is 30.4 Å². The topological polar surface area (TPSA) is 115 Å². The molecular formula is C25H27N3O6S. The van der Waals surface area contributed by atoms with Gasteiger partial charge in [0.1, 0.15) is 5.75 Å². The van der Waals surface area contributed by atoms with Gasteiger partial charge in [0, 0.05) is 11.4 Å². The maximum absolute atomic E-state index is 13.2. The van der Waals surface area contributed by atoms with E-state index in [9.17, 15) is 14.4 Å². The SMILES string of the molecule is CCOC(=O)COc1ccc([C@H]2NC(=S)NC(C)=C2C(=O)Nc2ccc(C(=O)OCC)cc2)cc1. The second kappa shape index (κ2) is 12.0. The average molecular weight is 498 g/mol. The highest BCUT2D eigenvalue weighted by atomic mass is 32.1. The first-order valence-corrected chi connectivity index (χ1v) is 11.5. The van der Waals surface area contributed by atoms with E-state index in [2.05, 4.69) is 16.0 Å². The predicted octanol–water partition coefficient (Wildman–Crippen LogP) is 3.24. The molecule has 2 aromatic rings. The Bertz CT molecular complexity index is 1130. The molecule has 10 heteroatoms. The van der Waals surface area contributed by atoms with Gasteiger partial charge in [0.15, 0.2) is 11.7 Å². The largest absolute Gasteiger partial charge is 0.482 e. The van der Waals surface area contributed by atoms with Gasteiger partial charge in [-0.05, 0) is 75.0 Å². The van der Waals surface area contributed by atoms with Crippen molar-refractivity contribution in [3.63, 3.8) is 0 Å². The second-order valence-electron chi connectivity index (χ2n) is 7.48. The van der Waals surface area contributed by atoms with Crippen LogP contribution in [0.5, 0.6) is 5.75 Å². The Labute approximate surface area is 208 Å². The standard InChI is InChI=1S/C25H27N3O6S/c1-4-32-20(29)14-34-19-12-8-16(9-13-19)22-21(15(3)26-25(35)28-22)23(30)27-18-10-6-17(7-11-18)24(31)33-5-2/h6-13,22H,4-5,14H2,1-3H3,(H,27,30)(H2,26,28,35)/t22-/m1/s1. The summed E-state index contributed by atoms with van der Waals surface area (Å²) < 4.78 is 15.3. The average Bonchev–Trinajstić information content (AvgIpc) is 2.83. The third-order valence-electron chi connectivity index (χ3n) is 5.04. The van der Waals surface area contributed by atoms with Crippen LogP contribution in [0.15, 0.2) is 59.8 Å². The number of amides is 1. The molecule has 0 unspecified atom stereocenters. The van der Waals surface area contributed by atoms with Crippen molar-refractivity contribution in [2.45, 2.75) is 26.8 Å². The number of thiocarbonyl (C=S) groups is 1. The molecule has 0 saturated carbocycles. The number of rotatable bonds is 9. The summed E-state index contributed by atoms with van der Waals surface area (Å²) in [6.07, 6.45) is 0. The molecule has 1 aliphatic rings. The van der Waals surface area contributed by atoms with Crippen LogP contribution in [-0.4, -0.2) is 42.8 Å². The molecule has 0 saturated heterocycles. The van der Waals surface area contributed by atoms with Gasteiger partial charge in [-0.3, -0.25) is 4.79 Å². The molecular weight excluding hydrogens is 470 g/mol. The van der Waals surface area contributed by atoms with Crippen molar-refractivity contribution in [1.29, 1.82) is 0 Å². The monoisotopic (exact) mass is 497 g/mol. The van der Waals surface area contributed by atoms with Crippen molar-refractivity contribution in [3.05, 3.63) is 70.9 Å². The van der Waals surface area contributed by atoms with E-state index in [-0.39, 0.29) is 25.7 Å². The Morgan fingerprint density at radius 3 is 2.26 bits per heavy atom. The van der Waals surface area contributed by atoms with Gasteiger partial charge < -0.3 is 30.2 Å². The summed E-state index contributed by atoms with van der Waals surface area (Å²) in [5.41, 5.74) is 2.77. The zero-order valence-corrected chi connectivity index (χ0v) is 20.5. The van der Waals surface area contributed by atoms with E-state index in [0.717, 1.165) is 5.56 Å². The molecule has 1 aliphatic heterocycles. The van der Waals surface area contributed by atoms with Crippen LogP contribution in [0.2, 0.25) is 0 Å². The highest BCUT2D eigenvalue weighted by molar-refractivity contribution is 7.80. The number of nitrogens with one attached hydrogen (secondary N) is 3. The molecule has 0 fully saturated rings. The van der Waals surface area contributed by atoms with Crippen LogP contribution < -0.4 is 20.7 Å². The summed E-state index contributed by atoms with van der Waals surface area (Å²) in [6.45, 7) is 5.62. The van der Waals surface area contributed by atoms with E-state index in [4.69, 9.17) is 26.4 Å². The molecule has 3 N–H and O–H groups in total. The molecule has 0 aliphatic carbocycles. The van der Waals surface area contributed by atoms with Gasteiger partial charge in [-0.2, -0.15) is 0 Å². The van der Waals surface area contributed by atoms with Crippen molar-refractivity contribution in [1.82, 2.24) is 10.6 Å². The minimum atomic E-state index is -0.512. The van der Waals surface area contributed by atoms with Crippen molar-refractivity contribution in [2.24, 2.45) is 0 Å². The van der Waals surface area contributed by atoms with Crippen molar-refractivity contribution < 1.29 is 28.6 Å². The first-order chi connectivity index (χ1) is 16.8. The Morgan fingerprint density at radius 2 is 1.63 bits per heavy atom. The Hall–Kier alpha value is -3.92. The summed E-state index contributed by atoms with van der Waals surface area (Å²) in [7, 11) is 0. The molecule has 9 nitrogen and oxygen atoms in total. The first kappa shape index (κ1) is 25.7. The minimum Gasteiger partial charge on any atom is -0.482 e. The van der Waals surface area contributed by atoms with Gasteiger partial charge in [-0.1, -0.05) is 12.1 Å². The molecule has 0 aromatic heterocycles. The number of benzene rings is 2. The molecule has 1 atom stereocenters. The number of carbonyl (C=O) groups is 3. The molecule has 0 bridgehead atoms. The number of ether oxygens (including phenoxy) is 3. The molecule has 184 valence electrons. The summed E-state index contributed by atoms with van der Waals surface area (Å²) in [6, 6.07) is 12.9. The fourth-order valence-corrected chi connectivity index (χ4v) is 3.72. The van der Waals surface area contributed by atoms with Gasteiger partial charge in [0.2, 0.25) is 0 Å². The fourth-order valence-electron chi connectivity index (χ4n) is 3.45. The van der Waals surface area contributed by atoms with Crippen LogP contribution in [0.3, 0.4) is 0 Å². The fraction of sp³-hybridized carbons (Fsp3) is 0.280. The summed E-state index contributed by atoms with van der Waals surface area (Å²) in [5.74, 6) is -0.712. The highest BCUT2D eigenvalue weighted by Gasteiger charge is 2.30. The van der Waals surface area contributed by atoms with E-state index in [1.165, 1.54) is 0 Å². The second-order valence-corrected chi connectivity index (χ2v) is 7.89. The molecule has 3 rings (SSSR count). The normalized spacial score (nSPS) is 14.9. The van der Waals surface area contributed by atoms with Gasteiger partial charge in [0.25, 0.3) is 5.91 Å². The van der Waals surface area contributed by atoms with E-state index in [0.29, 0.717) is 33.4 Å². The summed E-state index contributed by atoms with van der Waals surface area (Å²) in [5, 5.41) is 9.38. The van der Waals surface area contributed by atoms with E-state index in [1.807, 2.05) is 0 Å². The summed E-state index contributed by atoms with van der Waals surface area (Å²) in [4.78, 5) is 36.6. The van der Waals surface area contributed by atoms with Crippen molar-refractivity contribution >= 4 is 40.9 Å². The van der Waals surface area contributed by atoms with E-state index >= 15 is 0 Å². The van der Waals surface area contributed by atoms with E-state index in [1.54, 1.807) is 69.3 Å². The molecule has 2 aromatic carbocycles. The number of hydrogen-bond acceptors (Lipinski definition) is 7. The number of esters is 2. The maximum Gasteiger partial charge on any atom is 0.344 e. The lowest BCUT2D eigenvalue weighted by atomic mass is 9.95. The van der Waals surface area contributed by atoms with Gasteiger partial charge >= 0.3 is 11.9 Å². The zero-order chi connectivity index (χ0) is 25.4. The lowest BCUT2D eigenvalue weighted by Gasteiger charge is -2.30. The van der Waals surface area contributed by atoms with Crippen LogP contribution in [0.1, 0.15) is 42.7 Å². The first-order valence-electron chi connectivity index (χ1n) is 11.1. The van der Waals surface area contributed by atoms with Gasteiger partial charge in [-0.25, -0.2) is 9.59 Å². The lowest BCUT2D eigenvalue weighted by molar-refractivity contribution is -0.145. The highest BCUT2D eigenvalue weighted by Crippen LogP contribution is 2.29. The lowest BCUT2D eigenvalue weighted by Crippen LogP contribution is -2.45. The predicted molar refractivity (Wildman–Crippen MR) is 134 cm³/mol. The molecule has 0 spiro atoms. The maximum atomic E-state index is 13.2. The van der Waals surface area contributed by atoms with Crippen molar-refractivity contribution in [2.75, 3.05) is 25.1 Å². The van der Waals surface area contributed by atoms with Crippen LogP contribution in [0.25, 0.3) is 0 Å². The Balaban J connectivity index is 1.75. The zero-order valence-electron chi connectivity index (χ0n) is 19.7.